The number of nitro groups is 1. The molecule has 0 spiro atoms. The molecule has 1 N–H and O–H groups in total. The maximum absolute atomic E-state index is 12.1. The van der Waals surface area contributed by atoms with E-state index in [1.807, 2.05) is 0 Å². The predicted octanol–water partition coefficient (Wildman–Crippen LogP) is 3.95. The third-order valence-electron chi connectivity index (χ3n) is 3.63. The Kier molecular flexibility index (Phi) is 7.09. The number of hydrogen-bond acceptors (Lipinski definition) is 9. The average molecular weight is 451 g/mol. The first-order chi connectivity index (χ1) is 14.4. The van der Waals surface area contributed by atoms with Gasteiger partial charge in [0.25, 0.3) is 16.8 Å². The van der Waals surface area contributed by atoms with Gasteiger partial charge in [-0.1, -0.05) is 23.4 Å². The Bertz CT molecular complexity index is 1040. The summed E-state index contributed by atoms with van der Waals surface area (Å²) in [6.07, 6.45) is 0. The van der Waals surface area contributed by atoms with Gasteiger partial charge in [0, 0.05) is 5.02 Å². The Morgan fingerprint density at radius 1 is 1.23 bits per heavy atom. The van der Waals surface area contributed by atoms with Gasteiger partial charge in [-0.2, -0.15) is 0 Å². The lowest BCUT2D eigenvalue weighted by Crippen LogP contribution is -2.15. The van der Waals surface area contributed by atoms with E-state index in [4.69, 9.17) is 25.5 Å². The molecule has 0 aliphatic carbocycles. The van der Waals surface area contributed by atoms with Gasteiger partial charge in [0.05, 0.1) is 23.9 Å². The van der Waals surface area contributed by atoms with Crippen LogP contribution >= 0.6 is 23.4 Å². The smallest absolute Gasteiger partial charge is 0.296 e. The number of nitrogens with zero attached hydrogens (tertiary/aromatic N) is 3. The molecule has 0 bridgehead atoms. The van der Waals surface area contributed by atoms with E-state index in [9.17, 15) is 14.9 Å². The third kappa shape index (κ3) is 5.84. The molecule has 0 radical (unpaired) electrons. The SMILES string of the molecule is COc1ccc(NC(=O)CSc2nnc(COc3ccc(Cl)cc3)o2)c([N+](=O)[O-])c1. The number of nitro benzene ring substituents is 1. The standard InChI is InChI=1S/C18H15ClN4O6S/c1-27-13-6-7-14(15(8-13)23(25)26)20-16(24)10-30-18-22-21-17(29-18)9-28-12-4-2-11(19)3-5-12/h2-8H,9-10H2,1H3,(H,20,24). The second kappa shape index (κ2) is 9.94. The van der Waals surface area contributed by atoms with Crippen LogP contribution in [0.4, 0.5) is 11.4 Å². The molecule has 1 aromatic heterocycles. The zero-order valence-electron chi connectivity index (χ0n) is 15.5. The van der Waals surface area contributed by atoms with Crippen molar-refractivity contribution in [1.29, 1.82) is 0 Å². The van der Waals surface area contributed by atoms with E-state index in [1.54, 1.807) is 24.3 Å². The van der Waals surface area contributed by atoms with Crippen LogP contribution in [0.15, 0.2) is 52.1 Å². The molecule has 3 rings (SSSR count). The fourth-order valence-corrected chi connectivity index (χ4v) is 2.95. The average Bonchev–Trinajstić information content (AvgIpc) is 3.20. The Morgan fingerprint density at radius 2 is 1.97 bits per heavy atom. The van der Waals surface area contributed by atoms with Gasteiger partial charge in [-0.15, -0.1) is 10.2 Å². The van der Waals surface area contributed by atoms with Gasteiger partial charge in [0.1, 0.15) is 17.2 Å². The summed E-state index contributed by atoms with van der Waals surface area (Å²) in [6, 6.07) is 10.9. The largest absolute Gasteiger partial charge is 0.496 e. The van der Waals surface area contributed by atoms with Crippen molar-refractivity contribution in [2.75, 3.05) is 18.2 Å². The monoisotopic (exact) mass is 450 g/mol. The fourth-order valence-electron chi connectivity index (χ4n) is 2.24. The first kappa shape index (κ1) is 21.4. The zero-order chi connectivity index (χ0) is 21.5. The molecule has 0 aliphatic rings. The lowest BCUT2D eigenvalue weighted by Gasteiger charge is -2.06. The summed E-state index contributed by atoms with van der Waals surface area (Å²) in [5, 5.41) is 22.1. The molecule has 12 heteroatoms. The summed E-state index contributed by atoms with van der Waals surface area (Å²) in [5.74, 6) is 0.590. The maximum Gasteiger partial charge on any atom is 0.296 e. The first-order valence-corrected chi connectivity index (χ1v) is 9.77. The Morgan fingerprint density at radius 3 is 2.67 bits per heavy atom. The number of ether oxygens (including phenoxy) is 2. The minimum absolute atomic E-state index is 0.0550. The minimum Gasteiger partial charge on any atom is -0.496 e. The molecule has 1 amide bonds. The molecule has 30 heavy (non-hydrogen) atoms. The van der Waals surface area contributed by atoms with Gasteiger partial charge in [-0.05, 0) is 36.4 Å². The van der Waals surface area contributed by atoms with Crippen molar-refractivity contribution in [3.63, 3.8) is 0 Å². The normalized spacial score (nSPS) is 10.5. The minimum atomic E-state index is -0.601. The summed E-state index contributed by atoms with van der Waals surface area (Å²) in [4.78, 5) is 22.7. The van der Waals surface area contributed by atoms with Gasteiger partial charge in [0.15, 0.2) is 6.61 Å². The van der Waals surface area contributed by atoms with E-state index in [-0.39, 0.29) is 34.8 Å². The molecule has 10 nitrogen and oxygen atoms in total. The van der Waals surface area contributed by atoms with Crippen molar-refractivity contribution in [2.45, 2.75) is 11.8 Å². The summed E-state index contributed by atoms with van der Waals surface area (Å²) in [5.41, 5.74) is -0.207. The highest BCUT2D eigenvalue weighted by molar-refractivity contribution is 7.99. The molecule has 0 aliphatic heterocycles. The van der Waals surface area contributed by atoms with E-state index in [0.717, 1.165) is 11.8 Å². The number of thioether (sulfide) groups is 1. The number of halogens is 1. The van der Waals surface area contributed by atoms with Crippen molar-refractivity contribution in [2.24, 2.45) is 0 Å². The predicted molar refractivity (Wildman–Crippen MR) is 109 cm³/mol. The van der Waals surface area contributed by atoms with Crippen LogP contribution in [0.1, 0.15) is 5.89 Å². The summed E-state index contributed by atoms with van der Waals surface area (Å²) in [7, 11) is 1.40. The van der Waals surface area contributed by atoms with Crippen molar-refractivity contribution in [1.82, 2.24) is 10.2 Å². The Hall–Kier alpha value is -3.31. The van der Waals surface area contributed by atoms with Crippen molar-refractivity contribution >= 4 is 40.6 Å². The molecular weight excluding hydrogens is 436 g/mol. The summed E-state index contributed by atoms with van der Waals surface area (Å²) < 4.78 is 15.9. The molecule has 156 valence electrons. The van der Waals surface area contributed by atoms with Crippen LogP contribution in [-0.4, -0.2) is 33.9 Å². The van der Waals surface area contributed by atoms with Gasteiger partial charge in [-0.3, -0.25) is 14.9 Å². The molecule has 0 atom stereocenters. The van der Waals surface area contributed by atoms with Crippen LogP contribution in [0, 0.1) is 10.1 Å². The molecule has 3 aromatic rings. The number of hydrogen-bond donors (Lipinski definition) is 1. The van der Waals surface area contributed by atoms with E-state index in [2.05, 4.69) is 15.5 Å². The molecule has 0 fully saturated rings. The quantitative estimate of drug-likeness (QED) is 0.292. The first-order valence-electron chi connectivity index (χ1n) is 8.40. The van der Waals surface area contributed by atoms with Crippen LogP contribution in [0.2, 0.25) is 5.02 Å². The maximum atomic E-state index is 12.1. The summed E-state index contributed by atoms with van der Waals surface area (Å²) >= 11 is 6.80. The second-order valence-corrected chi connectivity index (χ2v) is 7.04. The molecule has 0 unspecified atom stereocenters. The molecular formula is C18H15ClN4O6S. The number of nitrogens with one attached hydrogen (secondary N) is 1. The van der Waals surface area contributed by atoms with Gasteiger partial charge < -0.3 is 19.2 Å². The van der Waals surface area contributed by atoms with Crippen LogP contribution < -0.4 is 14.8 Å². The van der Waals surface area contributed by atoms with Crippen LogP contribution in [0.25, 0.3) is 0 Å². The fraction of sp³-hybridized carbons (Fsp3) is 0.167. The molecule has 0 saturated heterocycles. The molecule has 0 saturated carbocycles. The van der Waals surface area contributed by atoms with Crippen LogP contribution in [-0.2, 0) is 11.4 Å². The zero-order valence-corrected chi connectivity index (χ0v) is 17.1. The Balaban J connectivity index is 1.52. The number of aromatic nitrogens is 2. The number of methoxy groups -OCH3 is 1. The third-order valence-corrected chi connectivity index (χ3v) is 4.70. The van der Waals surface area contributed by atoms with E-state index in [0.29, 0.717) is 16.5 Å². The van der Waals surface area contributed by atoms with Crippen LogP contribution in [0.3, 0.4) is 0 Å². The number of rotatable bonds is 9. The highest BCUT2D eigenvalue weighted by Gasteiger charge is 2.18. The van der Waals surface area contributed by atoms with E-state index >= 15 is 0 Å². The molecule has 1 heterocycles. The van der Waals surface area contributed by atoms with Crippen LogP contribution in [0.5, 0.6) is 11.5 Å². The lowest BCUT2D eigenvalue weighted by atomic mass is 10.2. The lowest BCUT2D eigenvalue weighted by molar-refractivity contribution is -0.384. The van der Waals surface area contributed by atoms with E-state index < -0.39 is 10.8 Å². The second-order valence-electron chi connectivity index (χ2n) is 5.68. The Labute approximate surface area is 179 Å². The van der Waals surface area contributed by atoms with Gasteiger partial charge in [-0.25, -0.2) is 0 Å². The van der Waals surface area contributed by atoms with Gasteiger partial charge >= 0.3 is 0 Å². The summed E-state index contributed by atoms with van der Waals surface area (Å²) in [6.45, 7) is 0.0550. The van der Waals surface area contributed by atoms with Gasteiger partial charge in [0.2, 0.25) is 5.91 Å². The number of carbonyl (C=O) groups excluding carboxylic acids is 1. The number of carbonyl (C=O) groups is 1. The topological polar surface area (TPSA) is 130 Å². The highest BCUT2D eigenvalue weighted by Crippen LogP contribution is 2.29. The highest BCUT2D eigenvalue weighted by atomic mass is 35.5. The number of benzene rings is 2. The van der Waals surface area contributed by atoms with Crippen molar-refractivity contribution in [3.05, 3.63) is 63.5 Å². The number of anilines is 1. The van der Waals surface area contributed by atoms with Crippen molar-refractivity contribution in [3.8, 4) is 11.5 Å². The number of amides is 1. The molecule has 2 aromatic carbocycles. The van der Waals surface area contributed by atoms with Crippen molar-refractivity contribution < 1.29 is 23.6 Å². The van der Waals surface area contributed by atoms with E-state index in [1.165, 1.54) is 25.3 Å².